The molecule has 0 aliphatic carbocycles. The van der Waals surface area contributed by atoms with Crippen LogP contribution >= 0.6 is 0 Å². The predicted molar refractivity (Wildman–Crippen MR) is 66.9 cm³/mol. The molecule has 98 valence electrons. The van der Waals surface area contributed by atoms with Crippen LogP contribution in [0.3, 0.4) is 0 Å². The Hall–Kier alpha value is -3.13. The van der Waals surface area contributed by atoms with Gasteiger partial charge in [0.15, 0.2) is 0 Å². The number of rotatable bonds is 3. The number of carbonyl (C=O) groups is 2. The van der Waals surface area contributed by atoms with Crippen LogP contribution in [0.4, 0.5) is 0 Å². The molecule has 5 nitrogen and oxygen atoms in total. The highest BCUT2D eigenvalue weighted by Gasteiger charge is 2.08. The molecule has 0 saturated carbocycles. The largest absolute Gasteiger partial charge is 0.545 e. The van der Waals surface area contributed by atoms with Crippen LogP contribution in [0.2, 0.25) is 0 Å². The van der Waals surface area contributed by atoms with Gasteiger partial charge in [0.25, 0.3) is 0 Å². The van der Waals surface area contributed by atoms with E-state index in [-0.39, 0.29) is 11.3 Å². The molecule has 0 aromatic heterocycles. The quantitative estimate of drug-likeness (QED) is 0.613. The minimum atomic E-state index is -1.30. The third-order valence-electron chi connectivity index (χ3n) is 2.55. The Morgan fingerprint density at radius 2 is 1.50 bits per heavy atom. The molecule has 0 radical (unpaired) electrons. The van der Waals surface area contributed by atoms with Crippen molar-refractivity contribution in [3.8, 4) is 11.8 Å². The monoisotopic (exact) mass is 266 g/mol. The van der Waals surface area contributed by atoms with Gasteiger partial charge in [-0.2, -0.15) is 5.26 Å². The van der Waals surface area contributed by atoms with Crippen LogP contribution in [0, 0.1) is 11.3 Å². The van der Waals surface area contributed by atoms with Crippen molar-refractivity contribution in [1.82, 2.24) is 0 Å². The maximum atomic E-state index is 11.8. The second-order valence-electron chi connectivity index (χ2n) is 3.89. The maximum absolute atomic E-state index is 11.8. The molecule has 0 saturated heterocycles. The number of hydrogen-bond acceptors (Lipinski definition) is 5. The molecule has 0 fully saturated rings. The molecule has 0 aliphatic heterocycles. The van der Waals surface area contributed by atoms with Crippen molar-refractivity contribution in [3.05, 3.63) is 65.2 Å². The fourth-order valence-corrected chi connectivity index (χ4v) is 1.51. The Labute approximate surface area is 114 Å². The summed E-state index contributed by atoms with van der Waals surface area (Å²) >= 11 is 0. The molecular formula is C15H8NO4-. The van der Waals surface area contributed by atoms with Crippen molar-refractivity contribution >= 4 is 11.9 Å². The Balaban J connectivity index is 2.10. The number of nitrogens with zero attached hydrogens (tertiary/aromatic N) is 1. The summed E-state index contributed by atoms with van der Waals surface area (Å²) in [6, 6.07) is 13.2. The van der Waals surface area contributed by atoms with Gasteiger partial charge in [-0.1, -0.05) is 0 Å². The summed E-state index contributed by atoms with van der Waals surface area (Å²) in [5.41, 5.74) is 0.746. The minimum absolute atomic E-state index is 0.00294. The van der Waals surface area contributed by atoms with E-state index in [1.807, 2.05) is 6.07 Å². The number of carboxylic acid groups (broad SMARTS) is 1. The van der Waals surface area contributed by atoms with Crippen LogP contribution in [0.1, 0.15) is 26.3 Å². The number of nitriles is 1. The molecule has 0 bridgehead atoms. The van der Waals surface area contributed by atoms with E-state index in [2.05, 4.69) is 0 Å². The number of carboxylic acids is 1. The number of ether oxygens (including phenoxy) is 1. The second-order valence-corrected chi connectivity index (χ2v) is 3.89. The number of carbonyl (C=O) groups excluding carboxylic acids is 2. The SMILES string of the molecule is N#Cc1ccc(C(=O)Oc2ccc(C(=O)[O-])cc2)cc1. The summed E-state index contributed by atoms with van der Waals surface area (Å²) in [5, 5.41) is 19.2. The molecule has 0 aliphatic rings. The molecule has 2 aromatic carbocycles. The highest BCUT2D eigenvalue weighted by atomic mass is 16.5. The molecule has 0 atom stereocenters. The zero-order valence-corrected chi connectivity index (χ0v) is 10.2. The first-order valence-corrected chi connectivity index (χ1v) is 5.64. The van der Waals surface area contributed by atoms with Crippen molar-refractivity contribution in [2.45, 2.75) is 0 Å². The lowest BCUT2D eigenvalue weighted by atomic mass is 10.1. The third-order valence-corrected chi connectivity index (χ3v) is 2.55. The van der Waals surface area contributed by atoms with Crippen molar-refractivity contribution in [3.63, 3.8) is 0 Å². The fraction of sp³-hybridized carbons (Fsp3) is 0. The number of esters is 1. The summed E-state index contributed by atoms with van der Waals surface area (Å²) < 4.78 is 5.07. The highest BCUT2D eigenvalue weighted by Crippen LogP contribution is 2.14. The van der Waals surface area contributed by atoms with Crippen molar-refractivity contribution < 1.29 is 19.4 Å². The lowest BCUT2D eigenvalue weighted by Gasteiger charge is -2.06. The van der Waals surface area contributed by atoms with Gasteiger partial charge in [0.05, 0.1) is 23.2 Å². The molecule has 2 rings (SSSR count). The smallest absolute Gasteiger partial charge is 0.343 e. The fourth-order valence-electron chi connectivity index (χ4n) is 1.51. The third kappa shape index (κ3) is 3.00. The van der Waals surface area contributed by atoms with Gasteiger partial charge in [-0.3, -0.25) is 0 Å². The summed E-state index contributed by atoms with van der Waals surface area (Å²) in [4.78, 5) is 22.4. The standard InChI is InChI=1S/C15H9NO4/c16-9-10-1-3-12(4-2-10)15(19)20-13-7-5-11(6-8-13)14(17)18/h1-8H,(H,17,18)/p-1. The van der Waals surface area contributed by atoms with Crippen molar-refractivity contribution in [1.29, 1.82) is 5.26 Å². The molecule has 5 heteroatoms. The van der Waals surface area contributed by atoms with E-state index in [1.54, 1.807) is 0 Å². The molecular weight excluding hydrogens is 258 g/mol. The van der Waals surface area contributed by atoms with E-state index in [0.717, 1.165) is 0 Å². The van der Waals surface area contributed by atoms with E-state index in [9.17, 15) is 14.7 Å². The molecule has 0 spiro atoms. The zero-order valence-electron chi connectivity index (χ0n) is 10.2. The normalized spacial score (nSPS) is 9.55. The zero-order chi connectivity index (χ0) is 14.5. The van der Waals surface area contributed by atoms with Crippen LogP contribution in [0.5, 0.6) is 5.75 Å². The van der Waals surface area contributed by atoms with Crippen LogP contribution < -0.4 is 9.84 Å². The van der Waals surface area contributed by atoms with Gasteiger partial charge < -0.3 is 14.6 Å². The van der Waals surface area contributed by atoms with Gasteiger partial charge in [0, 0.05) is 0 Å². The summed E-state index contributed by atoms with van der Waals surface area (Å²) in [7, 11) is 0. The van der Waals surface area contributed by atoms with Crippen molar-refractivity contribution in [2.75, 3.05) is 0 Å². The van der Waals surface area contributed by atoms with E-state index in [4.69, 9.17) is 10.00 Å². The van der Waals surface area contributed by atoms with Gasteiger partial charge >= 0.3 is 5.97 Å². The second kappa shape index (κ2) is 5.67. The van der Waals surface area contributed by atoms with E-state index >= 15 is 0 Å². The van der Waals surface area contributed by atoms with Crippen LogP contribution in [-0.4, -0.2) is 11.9 Å². The first-order chi connectivity index (χ1) is 9.60. The highest BCUT2D eigenvalue weighted by molar-refractivity contribution is 5.91. The van der Waals surface area contributed by atoms with Gasteiger partial charge in [-0.15, -0.1) is 0 Å². The van der Waals surface area contributed by atoms with Gasteiger partial charge in [0.1, 0.15) is 5.75 Å². The molecule has 0 amide bonds. The maximum Gasteiger partial charge on any atom is 0.343 e. The van der Waals surface area contributed by atoms with Crippen LogP contribution in [0.15, 0.2) is 48.5 Å². The Bertz CT molecular complexity index is 681. The Kier molecular flexibility index (Phi) is 3.77. The lowest BCUT2D eigenvalue weighted by Crippen LogP contribution is -2.22. The van der Waals surface area contributed by atoms with E-state index < -0.39 is 11.9 Å². The van der Waals surface area contributed by atoms with Crippen LogP contribution in [0.25, 0.3) is 0 Å². The first-order valence-electron chi connectivity index (χ1n) is 5.64. The number of aromatic carboxylic acids is 1. The topological polar surface area (TPSA) is 90.2 Å². The lowest BCUT2D eigenvalue weighted by molar-refractivity contribution is -0.255. The van der Waals surface area contributed by atoms with Gasteiger partial charge in [-0.05, 0) is 54.1 Å². The first kappa shape index (κ1) is 13.3. The molecule has 0 N–H and O–H groups in total. The van der Waals surface area contributed by atoms with Gasteiger partial charge in [-0.25, -0.2) is 4.79 Å². The minimum Gasteiger partial charge on any atom is -0.545 e. The number of hydrogen-bond donors (Lipinski definition) is 0. The average Bonchev–Trinajstić information content (AvgIpc) is 2.48. The average molecular weight is 266 g/mol. The van der Waals surface area contributed by atoms with E-state index in [0.29, 0.717) is 11.1 Å². The van der Waals surface area contributed by atoms with E-state index in [1.165, 1.54) is 48.5 Å². The predicted octanol–water partition coefficient (Wildman–Crippen LogP) is 1.14. The summed E-state index contributed by atoms with van der Waals surface area (Å²) in [6.45, 7) is 0. The number of benzene rings is 2. The molecule has 0 heterocycles. The van der Waals surface area contributed by atoms with Crippen molar-refractivity contribution in [2.24, 2.45) is 0 Å². The van der Waals surface area contributed by atoms with Crippen LogP contribution in [-0.2, 0) is 0 Å². The molecule has 0 unspecified atom stereocenters. The summed E-state index contributed by atoms with van der Waals surface area (Å²) in [6.07, 6.45) is 0. The molecule has 20 heavy (non-hydrogen) atoms. The Morgan fingerprint density at radius 1 is 0.950 bits per heavy atom. The van der Waals surface area contributed by atoms with Gasteiger partial charge in [0.2, 0.25) is 0 Å². The Morgan fingerprint density at radius 3 is 2.00 bits per heavy atom. The summed E-state index contributed by atoms with van der Waals surface area (Å²) in [5.74, 6) is -1.66. The molecule has 2 aromatic rings.